The average molecular weight is 418 g/mol. The summed E-state index contributed by atoms with van der Waals surface area (Å²) in [6.45, 7) is 0.958. The summed E-state index contributed by atoms with van der Waals surface area (Å²) >= 11 is 5.35. The largest absolute Gasteiger partial charge is 0.490 e. The lowest BCUT2D eigenvalue weighted by Gasteiger charge is -2.23. The van der Waals surface area contributed by atoms with E-state index in [1.54, 1.807) is 19.1 Å². The predicted octanol–water partition coefficient (Wildman–Crippen LogP) is 4.51. The zero-order chi connectivity index (χ0) is 21.0. The average Bonchev–Trinajstić information content (AvgIpc) is 2.97. The number of hydrogen-bond acceptors (Lipinski definition) is 4. The molecular formula is C21H20F2N2O3S. The van der Waals surface area contributed by atoms with Gasteiger partial charge in [0.05, 0.1) is 12.6 Å². The zero-order valence-corrected chi connectivity index (χ0v) is 16.7. The second-order valence-electron chi connectivity index (χ2n) is 6.27. The molecule has 2 aromatic rings. The van der Waals surface area contributed by atoms with E-state index >= 15 is 0 Å². The molecule has 8 heteroatoms. The van der Waals surface area contributed by atoms with Crippen LogP contribution >= 0.6 is 12.2 Å². The van der Waals surface area contributed by atoms with E-state index in [-0.39, 0.29) is 30.1 Å². The second kappa shape index (κ2) is 9.00. The van der Waals surface area contributed by atoms with Gasteiger partial charge in [-0.2, -0.15) is 8.78 Å². The van der Waals surface area contributed by atoms with Crippen molar-refractivity contribution in [2.75, 3.05) is 6.61 Å². The van der Waals surface area contributed by atoms with Crippen LogP contribution in [-0.2, 0) is 4.79 Å². The molecule has 1 N–H and O–H groups in total. The van der Waals surface area contributed by atoms with Crippen LogP contribution in [0.3, 0.4) is 0 Å². The number of rotatable bonds is 7. The van der Waals surface area contributed by atoms with Gasteiger partial charge in [0.15, 0.2) is 16.6 Å². The number of carbonyl (C=O) groups excluding carboxylic acids is 1. The van der Waals surface area contributed by atoms with Crippen molar-refractivity contribution in [3.8, 4) is 11.5 Å². The molecule has 1 saturated heterocycles. The van der Waals surface area contributed by atoms with E-state index in [4.69, 9.17) is 17.0 Å². The van der Waals surface area contributed by atoms with Gasteiger partial charge in [-0.3, -0.25) is 9.69 Å². The van der Waals surface area contributed by atoms with Crippen molar-refractivity contribution in [2.24, 2.45) is 0 Å². The fraction of sp³-hybridized carbons (Fsp3) is 0.238. The third kappa shape index (κ3) is 4.71. The first kappa shape index (κ1) is 20.7. The Kier molecular flexibility index (Phi) is 6.43. The number of carbonyl (C=O) groups is 1. The van der Waals surface area contributed by atoms with Crippen molar-refractivity contribution in [3.05, 3.63) is 65.4 Å². The van der Waals surface area contributed by atoms with Gasteiger partial charge in [-0.1, -0.05) is 36.4 Å². The Morgan fingerprint density at radius 2 is 1.90 bits per heavy atom. The lowest BCUT2D eigenvalue weighted by Crippen LogP contribution is -2.33. The quantitative estimate of drug-likeness (QED) is 0.530. The number of halogens is 2. The van der Waals surface area contributed by atoms with Gasteiger partial charge in [0.1, 0.15) is 5.70 Å². The fourth-order valence-electron chi connectivity index (χ4n) is 3.02. The van der Waals surface area contributed by atoms with E-state index in [2.05, 4.69) is 10.1 Å². The lowest BCUT2D eigenvalue weighted by molar-refractivity contribution is -0.123. The molecule has 1 unspecified atom stereocenters. The summed E-state index contributed by atoms with van der Waals surface area (Å²) < 4.78 is 35.0. The highest BCUT2D eigenvalue weighted by molar-refractivity contribution is 7.80. The van der Waals surface area contributed by atoms with Gasteiger partial charge in [0.2, 0.25) is 0 Å². The fourth-order valence-corrected chi connectivity index (χ4v) is 3.37. The molecule has 3 rings (SSSR count). The topological polar surface area (TPSA) is 50.8 Å². The molecule has 2 aromatic carbocycles. The van der Waals surface area contributed by atoms with E-state index < -0.39 is 6.61 Å². The Bertz CT molecular complexity index is 935. The summed E-state index contributed by atoms with van der Waals surface area (Å²) in [5, 5.41) is 3.23. The highest BCUT2D eigenvalue weighted by atomic mass is 32.1. The van der Waals surface area contributed by atoms with E-state index in [1.807, 2.05) is 37.3 Å². The Morgan fingerprint density at radius 3 is 2.55 bits per heavy atom. The zero-order valence-electron chi connectivity index (χ0n) is 15.9. The van der Waals surface area contributed by atoms with Crippen LogP contribution in [0.1, 0.15) is 31.0 Å². The summed E-state index contributed by atoms with van der Waals surface area (Å²) in [7, 11) is 0. The Morgan fingerprint density at radius 1 is 1.17 bits per heavy atom. The Labute approximate surface area is 172 Å². The van der Waals surface area contributed by atoms with Crippen molar-refractivity contribution in [1.29, 1.82) is 0 Å². The van der Waals surface area contributed by atoms with Gasteiger partial charge >= 0.3 is 6.61 Å². The number of nitrogens with one attached hydrogen (secondary N) is 1. The maximum atomic E-state index is 12.9. The normalized spacial score (nSPS) is 16.3. The van der Waals surface area contributed by atoms with Crippen LogP contribution in [0.4, 0.5) is 8.78 Å². The first-order valence-corrected chi connectivity index (χ1v) is 9.44. The molecule has 0 saturated carbocycles. The van der Waals surface area contributed by atoms with Gasteiger partial charge in [-0.15, -0.1) is 0 Å². The SMILES string of the molecule is CCOc1cc(/C=C2\NC(=S)N(C(C)c3ccccc3)C2=O)ccc1OC(F)F. The van der Waals surface area contributed by atoms with Gasteiger partial charge in [0.25, 0.3) is 5.91 Å². The first-order valence-electron chi connectivity index (χ1n) is 9.03. The molecule has 0 aromatic heterocycles. The van der Waals surface area contributed by atoms with Crippen molar-refractivity contribution in [2.45, 2.75) is 26.5 Å². The molecule has 0 spiro atoms. The predicted molar refractivity (Wildman–Crippen MR) is 110 cm³/mol. The molecule has 1 heterocycles. The molecule has 0 bridgehead atoms. The number of thiocarbonyl (C=S) groups is 1. The molecule has 1 amide bonds. The molecule has 0 radical (unpaired) electrons. The molecule has 1 atom stereocenters. The molecule has 29 heavy (non-hydrogen) atoms. The first-order chi connectivity index (χ1) is 13.9. The molecular weight excluding hydrogens is 398 g/mol. The van der Waals surface area contributed by atoms with Crippen LogP contribution in [-0.4, -0.2) is 29.1 Å². The molecule has 1 fully saturated rings. The summed E-state index contributed by atoms with van der Waals surface area (Å²) in [5.41, 5.74) is 1.84. The Hall–Kier alpha value is -3.00. The number of hydrogen-bond donors (Lipinski definition) is 1. The monoisotopic (exact) mass is 418 g/mol. The maximum absolute atomic E-state index is 12.9. The minimum Gasteiger partial charge on any atom is -0.490 e. The minimum absolute atomic E-state index is 0.0652. The van der Waals surface area contributed by atoms with Gasteiger partial charge in [-0.25, -0.2) is 0 Å². The van der Waals surface area contributed by atoms with Crippen LogP contribution in [0.15, 0.2) is 54.2 Å². The molecule has 5 nitrogen and oxygen atoms in total. The smallest absolute Gasteiger partial charge is 0.387 e. The van der Waals surface area contributed by atoms with Crippen LogP contribution in [0.5, 0.6) is 11.5 Å². The number of alkyl halides is 2. The molecule has 0 aliphatic carbocycles. The van der Waals surface area contributed by atoms with Crippen molar-refractivity contribution in [1.82, 2.24) is 10.2 Å². The van der Waals surface area contributed by atoms with E-state index in [9.17, 15) is 13.6 Å². The lowest BCUT2D eigenvalue weighted by atomic mass is 10.1. The number of amides is 1. The van der Waals surface area contributed by atoms with E-state index in [0.29, 0.717) is 16.4 Å². The van der Waals surface area contributed by atoms with E-state index in [0.717, 1.165) is 5.56 Å². The van der Waals surface area contributed by atoms with Gasteiger partial charge in [-0.05, 0) is 55.4 Å². The molecule has 1 aliphatic rings. The third-order valence-electron chi connectivity index (χ3n) is 4.37. The van der Waals surface area contributed by atoms with Crippen LogP contribution in [0.2, 0.25) is 0 Å². The number of benzene rings is 2. The van der Waals surface area contributed by atoms with Gasteiger partial charge < -0.3 is 14.8 Å². The summed E-state index contributed by atoms with van der Waals surface area (Å²) in [5.74, 6) is -0.161. The highest BCUT2D eigenvalue weighted by Crippen LogP contribution is 2.31. The van der Waals surface area contributed by atoms with Crippen molar-refractivity contribution >= 4 is 29.3 Å². The second-order valence-corrected chi connectivity index (χ2v) is 6.65. The van der Waals surface area contributed by atoms with Crippen LogP contribution in [0, 0.1) is 0 Å². The molecule has 152 valence electrons. The van der Waals surface area contributed by atoms with Gasteiger partial charge in [0, 0.05) is 0 Å². The number of nitrogens with zero attached hydrogens (tertiary/aromatic N) is 1. The van der Waals surface area contributed by atoms with Crippen LogP contribution in [0.25, 0.3) is 6.08 Å². The van der Waals surface area contributed by atoms with Crippen molar-refractivity contribution < 1.29 is 23.0 Å². The molecule has 1 aliphatic heterocycles. The van der Waals surface area contributed by atoms with Crippen LogP contribution < -0.4 is 14.8 Å². The Balaban J connectivity index is 1.86. The summed E-state index contributed by atoms with van der Waals surface area (Å²) in [6.07, 6.45) is 1.60. The maximum Gasteiger partial charge on any atom is 0.387 e. The summed E-state index contributed by atoms with van der Waals surface area (Å²) in [4.78, 5) is 14.4. The number of ether oxygens (including phenoxy) is 2. The standard InChI is InChI=1S/C21H20F2N2O3S/c1-3-27-18-12-14(9-10-17(18)28-20(22)23)11-16-19(26)25(21(29)24-16)13(2)15-7-5-4-6-8-15/h4-13,20H,3H2,1-2H3,(H,24,29)/b16-11-. The summed E-state index contributed by atoms with van der Waals surface area (Å²) in [6, 6.07) is 13.8. The van der Waals surface area contributed by atoms with Crippen molar-refractivity contribution in [3.63, 3.8) is 0 Å². The highest BCUT2D eigenvalue weighted by Gasteiger charge is 2.34. The van der Waals surface area contributed by atoms with E-state index in [1.165, 1.54) is 17.0 Å². The minimum atomic E-state index is -2.96. The third-order valence-corrected chi connectivity index (χ3v) is 4.67.